The van der Waals surface area contributed by atoms with Crippen molar-refractivity contribution >= 4 is 58.0 Å². The molecule has 2 heterocycles. The summed E-state index contributed by atoms with van der Waals surface area (Å²) in [5, 5.41) is 10.5. The van der Waals surface area contributed by atoms with Crippen LogP contribution in [0.5, 0.6) is 0 Å². The van der Waals surface area contributed by atoms with Gasteiger partial charge in [-0.05, 0) is 54.3 Å². The molecule has 0 aliphatic carbocycles. The average Bonchev–Trinajstić information content (AvgIpc) is 3.50. The van der Waals surface area contributed by atoms with E-state index in [0.717, 1.165) is 52.0 Å². The Labute approximate surface area is 242 Å². The lowest BCUT2D eigenvalue weighted by atomic mass is 10.0. The van der Waals surface area contributed by atoms with E-state index < -0.39 is 5.97 Å². The van der Waals surface area contributed by atoms with Gasteiger partial charge in [0.2, 0.25) is 5.78 Å². The van der Waals surface area contributed by atoms with E-state index in [9.17, 15) is 14.7 Å². The lowest BCUT2D eigenvalue weighted by Crippen LogP contribution is -2.05. The van der Waals surface area contributed by atoms with Crippen molar-refractivity contribution in [2.24, 2.45) is 5.73 Å². The Bertz CT molecular complexity index is 1560. The van der Waals surface area contributed by atoms with Crippen molar-refractivity contribution in [1.82, 2.24) is 4.57 Å². The van der Waals surface area contributed by atoms with Crippen molar-refractivity contribution < 1.29 is 14.7 Å². The van der Waals surface area contributed by atoms with Gasteiger partial charge in [0.25, 0.3) is 0 Å². The molecule has 38 heavy (non-hydrogen) atoms. The molecule has 0 aliphatic heterocycles. The number of nitrogens with zero attached hydrogens (tertiary/aromatic N) is 1. The highest BCUT2D eigenvalue weighted by atomic mass is 127. The summed E-state index contributed by atoms with van der Waals surface area (Å²) < 4.78 is 2.27. The molecule has 2 aromatic heterocycles. The molecule has 5 nitrogen and oxygen atoms in total. The van der Waals surface area contributed by atoms with Crippen molar-refractivity contribution in [1.29, 1.82) is 0 Å². The van der Waals surface area contributed by atoms with E-state index in [-0.39, 0.29) is 36.2 Å². The van der Waals surface area contributed by atoms with Gasteiger partial charge in [0, 0.05) is 33.6 Å². The van der Waals surface area contributed by atoms with Gasteiger partial charge in [0.15, 0.2) is 0 Å². The number of carboxylic acid groups (broad SMARTS) is 1. The summed E-state index contributed by atoms with van der Waals surface area (Å²) in [5.41, 5.74) is 11.2. The molecular formula is C31H29IN2O3S. The number of carboxylic acids is 1. The number of hydrogen-bond acceptors (Lipinski definition) is 4. The smallest absolute Gasteiger partial charge is 0.307 e. The summed E-state index contributed by atoms with van der Waals surface area (Å²) in [7, 11) is 0. The first-order valence-electron chi connectivity index (χ1n) is 12.4. The maximum Gasteiger partial charge on any atom is 0.307 e. The van der Waals surface area contributed by atoms with Crippen molar-refractivity contribution in [2.75, 3.05) is 6.54 Å². The van der Waals surface area contributed by atoms with Crippen molar-refractivity contribution in [3.8, 4) is 21.7 Å². The number of halogens is 1. The number of rotatable bonds is 10. The van der Waals surface area contributed by atoms with Crippen molar-refractivity contribution in [3.05, 3.63) is 107 Å². The molecule has 0 aliphatic rings. The fourth-order valence-corrected chi connectivity index (χ4v) is 5.86. The summed E-state index contributed by atoms with van der Waals surface area (Å²) in [5.74, 6) is -1.02. The molecule has 0 atom stereocenters. The zero-order valence-electron chi connectivity index (χ0n) is 20.8. The van der Waals surface area contributed by atoms with Crippen molar-refractivity contribution in [3.63, 3.8) is 0 Å². The summed E-state index contributed by atoms with van der Waals surface area (Å²) in [4.78, 5) is 26.5. The number of ketones is 1. The molecule has 5 aromatic rings. The van der Waals surface area contributed by atoms with Gasteiger partial charge in [-0.3, -0.25) is 9.59 Å². The molecule has 0 saturated carbocycles. The normalized spacial score (nSPS) is 10.9. The Morgan fingerprint density at radius 2 is 1.53 bits per heavy atom. The molecule has 5 rings (SSSR count). The number of fused-ring (bicyclic) bond motifs is 1. The fraction of sp³-hybridized carbons (Fsp3) is 0.161. The summed E-state index contributed by atoms with van der Waals surface area (Å²) in [6.07, 6.45) is 1.75. The molecule has 0 fully saturated rings. The topological polar surface area (TPSA) is 85.3 Å². The number of nitrogens with two attached hydrogens (primary N) is 1. The third-order valence-corrected chi connectivity index (χ3v) is 7.71. The van der Waals surface area contributed by atoms with Gasteiger partial charge >= 0.3 is 5.97 Å². The average molecular weight is 637 g/mol. The number of aryl methyl sites for hydroxylation is 1. The second-order valence-corrected chi connectivity index (χ2v) is 10.1. The molecule has 0 amide bonds. The Morgan fingerprint density at radius 3 is 2.18 bits per heavy atom. The van der Waals surface area contributed by atoms with Crippen LogP contribution in [-0.4, -0.2) is 28.0 Å². The zero-order chi connectivity index (χ0) is 25.8. The highest BCUT2D eigenvalue weighted by Crippen LogP contribution is 2.35. The summed E-state index contributed by atoms with van der Waals surface area (Å²) in [6.45, 7) is 1.45. The van der Waals surface area contributed by atoms with E-state index in [4.69, 9.17) is 5.73 Å². The maximum atomic E-state index is 13.7. The molecule has 0 bridgehead atoms. The SMILES string of the molecule is I.NCCCCn1c(-c2ccccc2)cc2ccc(C(=O)c3cc(CC(=O)O)c(-c4ccccc4)s3)cc21. The minimum Gasteiger partial charge on any atom is -0.481 e. The van der Waals surface area contributed by atoms with Gasteiger partial charge in [-0.15, -0.1) is 35.3 Å². The number of unbranched alkanes of at least 4 members (excludes halogenated alkanes) is 1. The van der Waals surface area contributed by atoms with Gasteiger partial charge in [-0.25, -0.2) is 0 Å². The van der Waals surface area contributed by atoms with Crippen LogP contribution < -0.4 is 5.73 Å². The lowest BCUT2D eigenvalue weighted by Gasteiger charge is -2.11. The van der Waals surface area contributed by atoms with Crippen LogP contribution in [0.4, 0.5) is 0 Å². The van der Waals surface area contributed by atoms with E-state index in [1.807, 2.05) is 66.7 Å². The van der Waals surface area contributed by atoms with Crippen LogP contribution in [0.1, 0.15) is 33.6 Å². The molecule has 194 valence electrons. The zero-order valence-corrected chi connectivity index (χ0v) is 23.9. The summed E-state index contributed by atoms with van der Waals surface area (Å²) in [6, 6.07) is 29.6. The third-order valence-electron chi connectivity index (χ3n) is 6.48. The van der Waals surface area contributed by atoms with Crippen LogP contribution in [0.3, 0.4) is 0 Å². The second-order valence-electron chi connectivity index (χ2n) is 9.05. The molecule has 0 unspecified atom stereocenters. The molecular weight excluding hydrogens is 607 g/mol. The second kappa shape index (κ2) is 12.5. The molecule has 7 heteroatoms. The Balaban J connectivity index is 0.00000336. The van der Waals surface area contributed by atoms with Crippen molar-refractivity contribution in [2.45, 2.75) is 25.8 Å². The first-order valence-corrected chi connectivity index (χ1v) is 13.2. The number of thiophene rings is 1. The predicted molar refractivity (Wildman–Crippen MR) is 166 cm³/mol. The molecule has 3 N–H and O–H groups in total. The molecule has 0 radical (unpaired) electrons. The number of benzene rings is 3. The highest BCUT2D eigenvalue weighted by molar-refractivity contribution is 14.0. The number of carbonyl (C=O) groups excluding carboxylic acids is 1. The lowest BCUT2D eigenvalue weighted by molar-refractivity contribution is -0.136. The monoisotopic (exact) mass is 636 g/mol. The van der Waals surface area contributed by atoms with Crippen LogP contribution in [0.15, 0.2) is 91.0 Å². The van der Waals surface area contributed by atoms with Crippen LogP contribution in [-0.2, 0) is 17.8 Å². The highest BCUT2D eigenvalue weighted by Gasteiger charge is 2.20. The van der Waals surface area contributed by atoms with Gasteiger partial charge < -0.3 is 15.4 Å². The van der Waals surface area contributed by atoms with Gasteiger partial charge in [-0.2, -0.15) is 0 Å². The third kappa shape index (κ3) is 5.90. The summed E-state index contributed by atoms with van der Waals surface area (Å²) >= 11 is 1.35. The minimum absolute atomic E-state index is 0. The minimum atomic E-state index is -0.917. The Hall–Kier alpha value is -3.27. The van der Waals surface area contributed by atoms with Crippen LogP contribution in [0.25, 0.3) is 32.6 Å². The standard InChI is InChI=1S/C31H28N2O3S.HI/c32-15-7-8-16-33-26(21-9-3-1-4-10-21)17-23-13-14-24(18-27(23)33)30(36)28-19-25(20-29(34)35)31(37-28)22-11-5-2-6-12-22;/h1-6,9-14,17-19H,7-8,15-16,20,32H2,(H,34,35);1H. The maximum absolute atomic E-state index is 13.7. The van der Waals surface area contributed by atoms with Crippen LogP contribution >= 0.6 is 35.3 Å². The first-order chi connectivity index (χ1) is 18.0. The van der Waals surface area contributed by atoms with Gasteiger partial charge in [0.05, 0.1) is 11.3 Å². The van der Waals surface area contributed by atoms with E-state index in [1.54, 1.807) is 6.07 Å². The van der Waals surface area contributed by atoms with E-state index in [2.05, 4.69) is 22.8 Å². The largest absolute Gasteiger partial charge is 0.481 e. The number of aromatic nitrogens is 1. The Kier molecular flexibility index (Phi) is 9.14. The number of aliphatic carboxylic acids is 1. The van der Waals surface area contributed by atoms with E-state index in [1.165, 1.54) is 11.3 Å². The molecule has 0 saturated heterocycles. The quantitative estimate of drug-likeness (QED) is 0.0961. The van der Waals surface area contributed by atoms with E-state index >= 15 is 0 Å². The predicted octanol–water partition coefficient (Wildman–Crippen LogP) is 7.25. The van der Waals surface area contributed by atoms with Gasteiger partial charge in [-0.1, -0.05) is 72.8 Å². The number of carbonyl (C=O) groups is 2. The van der Waals surface area contributed by atoms with Gasteiger partial charge in [0.1, 0.15) is 0 Å². The van der Waals surface area contributed by atoms with Crippen LogP contribution in [0.2, 0.25) is 0 Å². The van der Waals surface area contributed by atoms with E-state index in [0.29, 0.717) is 22.5 Å². The fourth-order valence-electron chi connectivity index (χ4n) is 4.71. The Morgan fingerprint density at radius 1 is 0.842 bits per heavy atom. The molecule has 3 aromatic carbocycles. The molecule has 0 spiro atoms. The van der Waals surface area contributed by atoms with Crippen LogP contribution in [0, 0.1) is 0 Å². The first kappa shape index (κ1) is 27.8. The number of hydrogen-bond donors (Lipinski definition) is 2.